The summed E-state index contributed by atoms with van der Waals surface area (Å²) < 4.78 is 20.8. The van der Waals surface area contributed by atoms with Gasteiger partial charge in [0.15, 0.2) is 5.65 Å². The number of benzene rings is 3. The van der Waals surface area contributed by atoms with Crippen molar-refractivity contribution in [3.05, 3.63) is 113 Å². The van der Waals surface area contributed by atoms with E-state index in [4.69, 9.17) is 20.6 Å². The average Bonchev–Trinajstić information content (AvgIpc) is 4.10. The van der Waals surface area contributed by atoms with Gasteiger partial charge in [0.2, 0.25) is 6.41 Å². The van der Waals surface area contributed by atoms with Gasteiger partial charge < -0.3 is 36.2 Å². The molecular formula is C45H45FN12O5. The molecule has 0 saturated carbocycles. The zero-order chi connectivity index (χ0) is 43.6. The zero-order valence-corrected chi connectivity index (χ0v) is 34.5. The lowest BCUT2D eigenvalue weighted by molar-refractivity contribution is -0.137. The van der Waals surface area contributed by atoms with E-state index in [1.165, 1.54) is 25.6 Å². The topological polar surface area (TPSA) is 206 Å². The van der Waals surface area contributed by atoms with Gasteiger partial charge in [-0.15, -0.1) is 0 Å². The van der Waals surface area contributed by atoms with Crippen LogP contribution < -0.4 is 31.3 Å². The SMILES string of the molecule is COc1ccc(F)cc1C(=O)NCc1ccc(-c2nn(-c3ccc(N4CC[C@H](CNCCNc5ccc6c(c5)CN([C@H]5CCN(C=O)C5=O)C6=O)C4)nc3)c3ncnc(N)c23)cc1. The average molecular weight is 853 g/mol. The van der Waals surface area contributed by atoms with Crippen LogP contribution in [0, 0.1) is 11.7 Å². The summed E-state index contributed by atoms with van der Waals surface area (Å²) in [6.45, 7) is 4.98. The smallest absolute Gasteiger partial charge is 0.255 e. The van der Waals surface area contributed by atoms with E-state index in [1.807, 2.05) is 54.6 Å². The van der Waals surface area contributed by atoms with Crippen LogP contribution in [0.4, 0.5) is 21.7 Å². The molecule has 2 atom stereocenters. The molecule has 322 valence electrons. The van der Waals surface area contributed by atoms with Gasteiger partial charge in [0.1, 0.15) is 41.3 Å². The van der Waals surface area contributed by atoms with E-state index >= 15 is 0 Å². The molecule has 3 aliphatic heterocycles. The van der Waals surface area contributed by atoms with Crippen molar-refractivity contribution in [2.75, 3.05) is 62.3 Å². The number of amides is 4. The van der Waals surface area contributed by atoms with E-state index in [0.29, 0.717) is 72.2 Å². The van der Waals surface area contributed by atoms with E-state index < -0.39 is 17.8 Å². The fourth-order valence-corrected chi connectivity index (χ4v) is 8.56. The molecule has 17 nitrogen and oxygen atoms in total. The van der Waals surface area contributed by atoms with E-state index in [9.17, 15) is 23.6 Å². The number of rotatable bonds is 15. The molecule has 3 aliphatic rings. The van der Waals surface area contributed by atoms with Gasteiger partial charge in [-0.2, -0.15) is 5.10 Å². The molecule has 3 aromatic carbocycles. The van der Waals surface area contributed by atoms with Crippen LogP contribution in [-0.4, -0.2) is 111 Å². The number of nitrogen functional groups attached to an aromatic ring is 1. The number of halogens is 1. The number of fused-ring (bicyclic) bond motifs is 2. The molecule has 6 heterocycles. The van der Waals surface area contributed by atoms with Crippen LogP contribution in [0.3, 0.4) is 0 Å². The first-order valence-electron chi connectivity index (χ1n) is 20.7. The number of methoxy groups -OCH3 is 1. The molecule has 3 aromatic heterocycles. The largest absolute Gasteiger partial charge is 0.496 e. The number of ether oxygens (including phenoxy) is 1. The number of imide groups is 1. The molecule has 63 heavy (non-hydrogen) atoms. The highest BCUT2D eigenvalue weighted by Crippen LogP contribution is 2.33. The maximum Gasteiger partial charge on any atom is 0.255 e. The summed E-state index contributed by atoms with van der Waals surface area (Å²) >= 11 is 0. The Bertz CT molecular complexity index is 2710. The van der Waals surface area contributed by atoms with Gasteiger partial charge in [-0.1, -0.05) is 24.3 Å². The Balaban J connectivity index is 0.772. The predicted octanol–water partition coefficient (Wildman–Crippen LogP) is 3.78. The Morgan fingerprint density at radius 1 is 0.984 bits per heavy atom. The normalized spacial score (nSPS) is 17.1. The third kappa shape index (κ3) is 8.19. The lowest BCUT2D eigenvalue weighted by Crippen LogP contribution is -2.41. The Labute approximate surface area is 361 Å². The summed E-state index contributed by atoms with van der Waals surface area (Å²) in [5.74, 6) is 0.435. The van der Waals surface area contributed by atoms with Crippen LogP contribution in [-0.2, 0) is 22.7 Å². The van der Waals surface area contributed by atoms with Crippen LogP contribution in [0.5, 0.6) is 5.75 Å². The number of aromatic nitrogens is 5. The first kappa shape index (κ1) is 40.9. The van der Waals surface area contributed by atoms with Crippen LogP contribution in [0.1, 0.15) is 44.7 Å². The maximum absolute atomic E-state index is 13.8. The second-order valence-corrected chi connectivity index (χ2v) is 15.8. The van der Waals surface area contributed by atoms with E-state index in [0.717, 1.165) is 71.8 Å². The minimum Gasteiger partial charge on any atom is -0.496 e. The Morgan fingerprint density at radius 2 is 1.84 bits per heavy atom. The second kappa shape index (κ2) is 17.5. The van der Waals surface area contributed by atoms with Gasteiger partial charge in [0, 0.05) is 62.6 Å². The van der Waals surface area contributed by atoms with Crippen LogP contribution >= 0.6 is 0 Å². The summed E-state index contributed by atoms with van der Waals surface area (Å²) in [5, 5.41) is 15.4. The molecule has 0 bridgehead atoms. The van der Waals surface area contributed by atoms with Crippen molar-refractivity contribution in [3.8, 4) is 22.7 Å². The summed E-state index contributed by atoms with van der Waals surface area (Å²) in [6.07, 6.45) is 5.21. The second-order valence-electron chi connectivity index (χ2n) is 15.8. The number of carbonyl (C=O) groups excluding carboxylic acids is 4. The van der Waals surface area contributed by atoms with E-state index in [-0.39, 0.29) is 29.7 Å². The third-order valence-corrected chi connectivity index (χ3v) is 11.9. The fourth-order valence-electron chi connectivity index (χ4n) is 8.56. The molecule has 0 aliphatic carbocycles. The summed E-state index contributed by atoms with van der Waals surface area (Å²) in [5.41, 5.74) is 12.3. The number of hydrogen-bond acceptors (Lipinski definition) is 13. The van der Waals surface area contributed by atoms with Gasteiger partial charge in [0.25, 0.3) is 17.7 Å². The molecule has 5 N–H and O–H groups in total. The fraction of sp³-hybridized carbons (Fsp3) is 0.289. The lowest BCUT2D eigenvalue weighted by Gasteiger charge is -2.21. The van der Waals surface area contributed by atoms with Gasteiger partial charge in [-0.25, -0.2) is 24.0 Å². The van der Waals surface area contributed by atoms with E-state index in [2.05, 4.69) is 30.8 Å². The van der Waals surface area contributed by atoms with Crippen molar-refractivity contribution < 1.29 is 28.3 Å². The van der Waals surface area contributed by atoms with Gasteiger partial charge in [-0.3, -0.25) is 24.1 Å². The molecule has 6 aromatic rings. The standard InChI is InChI=1S/C45H45FN12O5/c1-63-37-10-6-31(46)19-35(37)43(60)51-21-27-2-4-29(5-3-27)40-39-41(47)52-25-53-42(39)58(54-40)33-8-11-38(50-22-33)55-16-12-28(23-55)20-48-14-15-49-32-7-9-34-30(18-32)24-57(44(34)61)36-13-17-56(26-59)45(36)62/h2-11,18-19,22,25-26,28,36,48-49H,12-17,20-21,23-24H2,1H3,(H,51,60)(H2,47,52,53)/t28-,36+/m1/s1. The number of anilines is 3. The van der Waals surface area contributed by atoms with Crippen molar-refractivity contribution in [1.29, 1.82) is 0 Å². The highest BCUT2D eigenvalue weighted by molar-refractivity contribution is 6.03. The van der Waals surface area contributed by atoms with Crippen LogP contribution in [0.2, 0.25) is 0 Å². The van der Waals surface area contributed by atoms with Gasteiger partial charge in [-0.05, 0) is 85.0 Å². The van der Waals surface area contributed by atoms with Crippen molar-refractivity contribution in [2.45, 2.75) is 32.0 Å². The molecular weight excluding hydrogens is 808 g/mol. The Hall–Kier alpha value is -7.47. The van der Waals surface area contributed by atoms with Crippen LogP contribution in [0.15, 0.2) is 85.3 Å². The number of carbonyl (C=O) groups is 4. The number of nitrogens with one attached hydrogen (secondary N) is 3. The quantitative estimate of drug-likeness (QED) is 0.0859. The minimum atomic E-state index is -0.595. The molecule has 18 heteroatoms. The summed E-state index contributed by atoms with van der Waals surface area (Å²) in [6, 6.07) is 20.4. The number of likely N-dealkylation sites (tertiary alicyclic amines) is 1. The van der Waals surface area contributed by atoms with Gasteiger partial charge in [0.05, 0.1) is 29.9 Å². The summed E-state index contributed by atoms with van der Waals surface area (Å²) in [7, 11) is 1.43. The summed E-state index contributed by atoms with van der Waals surface area (Å²) in [4.78, 5) is 68.1. The highest BCUT2D eigenvalue weighted by Gasteiger charge is 2.41. The number of nitrogens with two attached hydrogens (primary N) is 1. The third-order valence-electron chi connectivity index (χ3n) is 11.9. The molecule has 9 rings (SSSR count). The predicted molar refractivity (Wildman–Crippen MR) is 233 cm³/mol. The van der Waals surface area contributed by atoms with Crippen molar-refractivity contribution in [3.63, 3.8) is 0 Å². The Morgan fingerprint density at radius 3 is 2.62 bits per heavy atom. The molecule has 0 spiro atoms. The first-order valence-corrected chi connectivity index (χ1v) is 20.7. The minimum absolute atomic E-state index is 0.113. The number of nitrogens with zero attached hydrogens (tertiary/aromatic N) is 8. The zero-order valence-electron chi connectivity index (χ0n) is 34.5. The maximum atomic E-state index is 13.8. The highest BCUT2D eigenvalue weighted by atomic mass is 19.1. The molecule has 0 unspecified atom stereocenters. The number of hydrogen-bond donors (Lipinski definition) is 4. The number of pyridine rings is 1. The van der Waals surface area contributed by atoms with Crippen LogP contribution in [0.25, 0.3) is 28.0 Å². The molecule has 2 fully saturated rings. The molecule has 4 amide bonds. The van der Waals surface area contributed by atoms with Gasteiger partial charge >= 0.3 is 0 Å². The molecule has 0 radical (unpaired) electrons. The molecule has 2 saturated heterocycles. The van der Waals surface area contributed by atoms with Crippen molar-refractivity contribution in [1.82, 2.24) is 45.2 Å². The Kier molecular flexibility index (Phi) is 11.4. The monoisotopic (exact) mass is 852 g/mol. The van der Waals surface area contributed by atoms with Crippen molar-refractivity contribution >= 4 is 52.5 Å². The van der Waals surface area contributed by atoms with E-state index in [1.54, 1.807) is 15.8 Å². The lowest BCUT2D eigenvalue weighted by atomic mass is 10.1. The van der Waals surface area contributed by atoms with Crippen molar-refractivity contribution in [2.24, 2.45) is 5.92 Å². The first-order chi connectivity index (χ1) is 30.7.